The zero-order valence-electron chi connectivity index (χ0n) is 10.5. The normalized spacial score (nSPS) is 11.4. The summed E-state index contributed by atoms with van der Waals surface area (Å²) in [6, 6.07) is 5.85. The molecule has 6 nitrogen and oxygen atoms in total. The fourth-order valence-corrected chi connectivity index (χ4v) is 2.66. The molecule has 0 heterocycles. The number of sulfonamides is 1. The lowest BCUT2D eigenvalue weighted by atomic mass is 10.1. The van der Waals surface area contributed by atoms with Gasteiger partial charge in [-0.05, 0) is 32.9 Å². The van der Waals surface area contributed by atoms with Crippen molar-refractivity contribution in [1.29, 1.82) is 0 Å². The van der Waals surface area contributed by atoms with Crippen molar-refractivity contribution in [3.63, 3.8) is 0 Å². The van der Waals surface area contributed by atoms with E-state index in [1.165, 1.54) is 12.1 Å². The molecule has 4 N–H and O–H groups in total. The molecule has 1 radical (unpaired) electrons. The van der Waals surface area contributed by atoms with Crippen LogP contribution in [0.25, 0.3) is 0 Å². The predicted molar refractivity (Wildman–Crippen MR) is 68.4 cm³/mol. The molecule has 18 heavy (non-hydrogen) atoms. The van der Waals surface area contributed by atoms with Crippen LogP contribution in [0.15, 0.2) is 29.2 Å². The Morgan fingerprint density at radius 2 is 1.61 bits per heavy atom. The van der Waals surface area contributed by atoms with Crippen LogP contribution in [0.3, 0.4) is 0 Å². The monoisotopic (exact) mass is 274 g/mol. The second-order valence-electron chi connectivity index (χ2n) is 4.44. The molecule has 8 heteroatoms. The molecule has 0 fully saturated rings. The third-order valence-electron chi connectivity index (χ3n) is 1.60. The van der Waals surface area contributed by atoms with E-state index in [9.17, 15) is 13.5 Å². The highest BCUT2D eigenvalue weighted by Crippen LogP contribution is 2.22. The smallest absolute Gasteiger partial charge is 0.482 e. The number of aromatic hydroxyl groups is 1. The summed E-state index contributed by atoms with van der Waals surface area (Å²) in [5.74, 6) is -0.241. The van der Waals surface area contributed by atoms with E-state index in [1.54, 1.807) is 32.9 Å². The number of hydrogen-bond acceptors (Lipinski definition) is 5. The number of nitrogens with one attached hydrogen (secondary N) is 1. The quantitative estimate of drug-likeness (QED) is 0.567. The van der Waals surface area contributed by atoms with Crippen LogP contribution in [0.2, 0.25) is 0 Å². The standard InChI is InChI=1S/C10H15NO3S.BH2O2/c1-10(2,3)11-15(13,14)9-7-5-4-6-8(9)12;2-1-3/h4-7,11-12H,1-3H3;2-3H. The summed E-state index contributed by atoms with van der Waals surface area (Å²) in [5.41, 5.74) is -0.568. The third-order valence-corrected chi connectivity index (χ3v) is 3.40. The summed E-state index contributed by atoms with van der Waals surface area (Å²) in [6.07, 6.45) is 0. The van der Waals surface area contributed by atoms with Crippen LogP contribution in [0.5, 0.6) is 5.75 Å². The number of phenolic OH excluding ortho intramolecular Hbond substituents is 1. The van der Waals surface area contributed by atoms with Gasteiger partial charge in [0.2, 0.25) is 10.0 Å². The first-order valence-corrected chi connectivity index (χ1v) is 6.54. The first kappa shape index (κ1) is 16.9. The molecule has 1 aromatic carbocycles. The highest BCUT2D eigenvalue weighted by atomic mass is 32.2. The Morgan fingerprint density at radius 1 is 1.17 bits per heavy atom. The topological polar surface area (TPSA) is 107 Å². The van der Waals surface area contributed by atoms with Gasteiger partial charge in [-0.15, -0.1) is 0 Å². The van der Waals surface area contributed by atoms with Crippen molar-refractivity contribution in [2.24, 2.45) is 0 Å². The average molecular weight is 274 g/mol. The van der Waals surface area contributed by atoms with Gasteiger partial charge in [0.25, 0.3) is 0 Å². The number of hydrogen-bond donors (Lipinski definition) is 4. The summed E-state index contributed by atoms with van der Waals surface area (Å²) in [6.45, 7) is 5.22. The summed E-state index contributed by atoms with van der Waals surface area (Å²) in [4.78, 5) is -0.0973. The average Bonchev–Trinajstić information content (AvgIpc) is 2.15. The molecule has 0 aromatic heterocycles. The SMILES string of the molecule is CC(C)(C)NS(=O)(=O)c1ccccc1O.O[B]O. The van der Waals surface area contributed by atoms with Crippen molar-refractivity contribution < 1.29 is 23.6 Å². The lowest BCUT2D eigenvalue weighted by molar-refractivity contribution is 0.447. The van der Waals surface area contributed by atoms with Crippen molar-refractivity contribution in [2.45, 2.75) is 31.2 Å². The van der Waals surface area contributed by atoms with Gasteiger partial charge in [0.05, 0.1) is 0 Å². The Hall–Kier alpha value is -1.09. The first-order valence-electron chi connectivity index (χ1n) is 5.06. The van der Waals surface area contributed by atoms with Gasteiger partial charge in [-0.3, -0.25) is 0 Å². The lowest BCUT2D eigenvalue weighted by Crippen LogP contribution is -2.40. The Kier molecular flexibility index (Phi) is 6.34. The molecule has 0 bridgehead atoms. The predicted octanol–water partition coefficient (Wildman–Crippen LogP) is -0.0258. The summed E-state index contributed by atoms with van der Waals surface area (Å²) >= 11 is 0. The molecular weight excluding hydrogens is 257 g/mol. The zero-order valence-corrected chi connectivity index (χ0v) is 11.3. The molecule has 0 atom stereocenters. The van der Waals surface area contributed by atoms with E-state index in [0.29, 0.717) is 0 Å². The van der Waals surface area contributed by atoms with Gasteiger partial charge in [-0.1, -0.05) is 12.1 Å². The maximum Gasteiger partial charge on any atom is 0.482 e. The molecule has 1 aromatic rings. The number of para-hydroxylation sites is 1. The summed E-state index contributed by atoms with van der Waals surface area (Å²) in [7, 11) is -3.65. The molecule has 0 saturated heterocycles. The van der Waals surface area contributed by atoms with E-state index < -0.39 is 15.6 Å². The highest BCUT2D eigenvalue weighted by Gasteiger charge is 2.23. The molecule has 101 valence electrons. The van der Waals surface area contributed by atoms with Crippen molar-refractivity contribution in [2.75, 3.05) is 0 Å². The Morgan fingerprint density at radius 3 is 2.00 bits per heavy atom. The van der Waals surface area contributed by atoms with E-state index in [0.717, 1.165) is 0 Å². The maximum absolute atomic E-state index is 11.8. The van der Waals surface area contributed by atoms with Gasteiger partial charge in [-0.25, -0.2) is 13.1 Å². The fraction of sp³-hybridized carbons (Fsp3) is 0.400. The Balaban J connectivity index is 0.000000873. The van der Waals surface area contributed by atoms with Crippen LogP contribution in [0.1, 0.15) is 20.8 Å². The van der Waals surface area contributed by atoms with Crippen molar-refractivity contribution in [3.05, 3.63) is 24.3 Å². The van der Waals surface area contributed by atoms with Crippen molar-refractivity contribution in [1.82, 2.24) is 4.72 Å². The van der Waals surface area contributed by atoms with Gasteiger partial charge in [0, 0.05) is 5.54 Å². The minimum atomic E-state index is -3.65. The minimum Gasteiger partial charge on any atom is -0.507 e. The molecule has 0 unspecified atom stereocenters. The van der Waals surface area contributed by atoms with E-state index in [-0.39, 0.29) is 18.3 Å². The molecule has 0 aliphatic rings. The van der Waals surface area contributed by atoms with E-state index in [1.807, 2.05) is 0 Å². The minimum absolute atomic E-state index is 0. The zero-order chi connectivity index (χ0) is 14.4. The third kappa shape index (κ3) is 6.01. The number of phenols is 1. The molecule has 0 aliphatic heterocycles. The molecule has 0 saturated carbocycles. The molecule has 0 spiro atoms. The van der Waals surface area contributed by atoms with E-state index >= 15 is 0 Å². The first-order chi connectivity index (χ1) is 8.14. The molecule has 1 rings (SSSR count). The Labute approximate surface area is 108 Å². The van der Waals surface area contributed by atoms with Gasteiger partial charge in [-0.2, -0.15) is 0 Å². The highest BCUT2D eigenvalue weighted by molar-refractivity contribution is 7.89. The van der Waals surface area contributed by atoms with Crippen LogP contribution in [0, 0.1) is 0 Å². The van der Waals surface area contributed by atoms with Crippen molar-refractivity contribution in [3.8, 4) is 5.75 Å². The molecule has 0 amide bonds. The summed E-state index contributed by atoms with van der Waals surface area (Å²) < 4.78 is 26.1. The van der Waals surface area contributed by atoms with Crippen LogP contribution in [-0.2, 0) is 10.0 Å². The summed E-state index contributed by atoms with van der Waals surface area (Å²) in [5, 5.41) is 23.4. The van der Waals surface area contributed by atoms with Gasteiger partial charge < -0.3 is 15.2 Å². The number of benzene rings is 1. The van der Waals surface area contributed by atoms with Crippen LogP contribution >= 0.6 is 0 Å². The van der Waals surface area contributed by atoms with Gasteiger partial charge in [0.1, 0.15) is 10.6 Å². The van der Waals surface area contributed by atoms with Crippen LogP contribution in [-0.4, -0.2) is 36.8 Å². The molecule has 0 aliphatic carbocycles. The fourth-order valence-electron chi connectivity index (χ4n) is 1.14. The van der Waals surface area contributed by atoms with Crippen molar-refractivity contribution >= 4 is 17.7 Å². The second-order valence-corrected chi connectivity index (χ2v) is 6.09. The van der Waals surface area contributed by atoms with Crippen LogP contribution in [0.4, 0.5) is 0 Å². The second kappa shape index (κ2) is 6.74. The van der Waals surface area contributed by atoms with Gasteiger partial charge >= 0.3 is 7.69 Å². The maximum atomic E-state index is 11.8. The Bertz CT molecular complexity index is 469. The van der Waals surface area contributed by atoms with Crippen LogP contribution < -0.4 is 4.72 Å². The lowest BCUT2D eigenvalue weighted by Gasteiger charge is -2.20. The van der Waals surface area contributed by atoms with E-state index in [4.69, 9.17) is 10.0 Å². The number of rotatable bonds is 2. The largest absolute Gasteiger partial charge is 0.507 e. The van der Waals surface area contributed by atoms with E-state index in [2.05, 4.69) is 4.72 Å². The van der Waals surface area contributed by atoms with Gasteiger partial charge in [0.15, 0.2) is 0 Å². The molecular formula is C10H17BNO5S.